The van der Waals surface area contributed by atoms with Crippen LogP contribution in [0.1, 0.15) is 29.3 Å². The molecule has 1 atom stereocenters. The lowest BCUT2D eigenvalue weighted by molar-refractivity contribution is 0.0708. The number of aryl methyl sites for hydroxylation is 1. The molecule has 0 N–H and O–H groups in total. The van der Waals surface area contributed by atoms with Gasteiger partial charge in [0, 0.05) is 18.2 Å². The minimum Gasteiger partial charge on any atom is -0.496 e. The number of carbonyl (C=O) groups is 1. The van der Waals surface area contributed by atoms with Gasteiger partial charge in [-0.15, -0.1) is 0 Å². The van der Waals surface area contributed by atoms with E-state index in [1.807, 2.05) is 19.9 Å². The first kappa shape index (κ1) is 15.8. The standard InChI is InChI=1S/C15H21NO4S/c1-4-16(13-7-8-21(18,19)10-13)15(17)12-6-5-11(2)14(9-12)20-3/h5-6,9,13H,4,7-8,10H2,1-3H3/t13-/m0/s1. The first-order chi connectivity index (χ1) is 9.88. The van der Waals surface area contributed by atoms with Crippen molar-refractivity contribution in [1.29, 1.82) is 0 Å². The summed E-state index contributed by atoms with van der Waals surface area (Å²) in [5, 5.41) is 0. The molecule has 116 valence electrons. The van der Waals surface area contributed by atoms with Crippen LogP contribution in [-0.2, 0) is 9.84 Å². The summed E-state index contributed by atoms with van der Waals surface area (Å²) in [7, 11) is -1.44. The summed E-state index contributed by atoms with van der Waals surface area (Å²) in [6, 6.07) is 5.08. The van der Waals surface area contributed by atoms with Crippen LogP contribution in [0.2, 0.25) is 0 Å². The molecule has 0 saturated carbocycles. The molecule has 1 heterocycles. The van der Waals surface area contributed by atoms with Crippen molar-refractivity contribution in [3.63, 3.8) is 0 Å². The first-order valence-electron chi connectivity index (χ1n) is 7.04. The summed E-state index contributed by atoms with van der Waals surface area (Å²) in [5.41, 5.74) is 1.49. The summed E-state index contributed by atoms with van der Waals surface area (Å²) >= 11 is 0. The fourth-order valence-electron chi connectivity index (χ4n) is 2.71. The van der Waals surface area contributed by atoms with Crippen molar-refractivity contribution in [3.8, 4) is 5.75 Å². The highest BCUT2D eigenvalue weighted by atomic mass is 32.2. The van der Waals surface area contributed by atoms with Gasteiger partial charge in [0.25, 0.3) is 5.91 Å². The summed E-state index contributed by atoms with van der Waals surface area (Å²) in [6.07, 6.45) is 0.519. The smallest absolute Gasteiger partial charge is 0.254 e. The van der Waals surface area contributed by atoms with Crippen molar-refractivity contribution in [3.05, 3.63) is 29.3 Å². The molecule has 6 heteroatoms. The van der Waals surface area contributed by atoms with Crippen molar-refractivity contribution in [1.82, 2.24) is 4.90 Å². The van der Waals surface area contributed by atoms with Gasteiger partial charge in [0.1, 0.15) is 5.75 Å². The molecule has 1 saturated heterocycles. The molecular weight excluding hydrogens is 290 g/mol. The van der Waals surface area contributed by atoms with E-state index in [0.29, 0.717) is 24.3 Å². The van der Waals surface area contributed by atoms with Gasteiger partial charge < -0.3 is 9.64 Å². The number of hydrogen-bond donors (Lipinski definition) is 0. The van der Waals surface area contributed by atoms with Gasteiger partial charge in [0.15, 0.2) is 9.84 Å². The Balaban J connectivity index is 2.25. The number of nitrogens with zero attached hydrogens (tertiary/aromatic N) is 1. The lowest BCUT2D eigenvalue weighted by atomic mass is 10.1. The van der Waals surface area contributed by atoms with Gasteiger partial charge in [0.2, 0.25) is 0 Å². The van der Waals surface area contributed by atoms with Crippen LogP contribution in [0.5, 0.6) is 5.75 Å². The van der Waals surface area contributed by atoms with Crippen LogP contribution >= 0.6 is 0 Å². The SMILES string of the molecule is CCN(C(=O)c1ccc(C)c(OC)c1)[C@H]1CCS(=O)(=O)C1. The molecule has 2 rings (SSSR count). The maximum atomic E-state index is 12.6. The van der Waals surface area contributed by atoms with Gasteiger partial charge in [-0.3, -0.25) is 4.79 Å². The molecule has 0 aliphatic carbocycles. The van der Waals surface area contributed by atoms with E-state index in [9.17, 15) is 13.2 Å². The summed E-state index contributed by atoms with van der Waals surface area (Å²) in [4.78, 5) is 14.3. The van der Waals surface area contributed by atoms with Crippen molar-refractivity contribution in [2.75, 3.05) is 25.2 Å². The molecule has 1 aromatic rings. The average molecular weight is 311 g/mol. The number of rotatable bonds is 4. The van der Waals surface area contributed by atoms with E-state index in [0.717, 1.165) is 5.56 Å². The number of hydrogen-bond acceptors (Lipinski definition) is 4. The second-order valence-corrected chi connectivity index (χ2v) is 7.56. The molecule has 0 bridgehead atoms. The van der Waals surface area contributed by atoms with E-state index in [1.54, 1.807) is 24.1 Å². The Labute approximate surface area is 125 Å². The van der Waals surface area contributed by atoms with Crippen LogP contribution in [0.4, 0.5) is 0 Å². The molecule has 1 aliphatic rings. The van der Waals surface area contributed by atoms with Gasteiger partial charge in [-0.2, -0.15) is 0 Å². The Hall–Kier alpha value is -1.56. The lowest BCUT2D eigenvalue weighted by Gasteiger charge is -2.27. The topological polar surface area (TPSA) is 63.7 Å². The molecule has 1 aliphatic heterocycles. The molecule has 1 aromatic carbocycles. The third kappa shape index (κ3) is 3.37. The van der Waals surface area contributed by atoms with Gasteiger partial charge in [-0.1, -0.05) is 6.07 Å². The van der Waals surface area contributed by atoms with Gasteiger partial charge in [-0.25, -0.2) is 8.42 Å². The molecule has 21 heavy (non-hydrogen) atoms. The normalized spacial score (nSPS) is 20.2. The Morgan fingerprint density at radius 2 is 2.14 bits per heavy atom. The number of amides is 1. The van der Waals surface area contributed by atoms with Gasteiger partial charge in [0.05, 0.1) is 18.6 Å². The number of ether oxygens (including phenoxy) is 1. The molecule has 0 unspecified atom stereocenters. The van der Waals surface area contributed by atoms with Crippen molar-refractivity contribution < 1.29 is 17.9 Å². The highest BCUT2D eigenvalue weighted by Crippen LogP contribution is 2.23. The summed E-state index contributed by atoms with van der Waals surface area (Å²) in [6.45, 7) is 4.28. The molecule has 1 amide bonds. The van der Waals surface area contributed by atoms with E-state index >= 15 is 0 Å². The zero-order valence-electron chi connectivity index (χ0n) is 12.6. The zero-order chi connectivity index (χ0) is 15.6. The van der Waals surface area contributed by atoms with E-state index in [1.165, 1.54) is 0 Å². The Kier molecular flexibility index (Phi) is 4.56. The summed E-state index contributed by atoms with van der Waals surface area (Å²) < 4.78 is 28.5. The van der Waals surface area contributed by atoms with Crippen LogP contribution in [0.15, 0.2) is 18.2 Å². The molecule has 1 fully saturated rings. The second kappa shape index (κ2) is 6.05. The number of benzene rings is 1. The molecule has 0 aromatic heterocycles. The van der Waals surface area contributed by atoms with Gasteiger partial charge in [-0.05, 0) is 38.0 Å². The minimum absolute atomic E-state index is 0.0651. The second-order valence-electron chi connectivity index (χ2n) is 5.33. The fourth-order valence-corrected chi connectivity index (χ4v) is 4.44. The molecule has 0 radical (unpaired) electrons. The summed E-state index contributed by atoms with van der Waals surface area (Å²) in [5.74, 6) is 0.752. The predicted molar refractivity (Wildman–Crippen MR) is 81.5 cm³/mol. The van der Waals surface area contributed by atoms with Crippen molar-refractivity contribution in [2.45, 2.75) is 26.3 Å². The fraction of sp³-hybridized carbons (Fsp3) is 0.533. The number of carbonyl (C=O) groups excluding carboxylic acids is 1. The van der Waals surface area contributed by atoms with Crippen LogP contribution < -0.4 is 4.74 Å². The van der Waals surface area contributed by atoms with Crippen LogP contribution in [0, 0.1) is 6.92 Å². The number of sulfone groups is 1. The quantitative estimate of drug-likeness (QED) is 0.848. The number of methoxy groups -OCH3 is 1. The van der Waals surface area contributed by atoms with Crippen molar-refractivity contribution >= 4 is 15.7 Å². The Morgan fingerprint density at radius 1 is 1.43 bits per heavy atom. The highest BCUT2D eigenvalue weighted by molar-refractivity contribution is 7.91. The third-order valence-electron chi connectivity index (χ3n) is 3.91. The zero-order valence-corrected chi connectivity index (χ0v) is 13.4. The maximum Gasteiger partial charge on any atom is 0.254 e. The highest BCUT2D eigenvalue weighted by Gasteiger charge is 2.34. The lowest BCUT2D eigenvalue weighted by Crippen LogP contribution is -2.41. The van der Waals surface area contributed by atoms with Crippen LogP contribution in [0.25, 0.3) is 0 Å². The van der Waals surface area contributed by atoms with E-state index in [-0.39, 0.29) is 23.5 Å². The van der Waals surface area contributed by atoms with Gasteiger partial charge >= 0.3 is 0 Å². The average Bonchev–Trinajstić information content (AvgIpc) is 2.80. The molecular formula is C15H21NO4S. The maximum absolute atomic E-state index is 12.6. The van der Waals surface area contributed by atoms with Crippen molar-refractivity contribution in [2.24, 2.45) is 0 Å². The first-order valence-corrected chi connectivity index (χ1v) is 8.86. The molecule has 5 nitrogen and oxygen atoms in total. The van der Waals surface area contributed by atoms with E-state index in [4.69, 9.17) is 4.74 Å². The van der Waals surface area contributed by atoms with Crippen LogP contribution in [0.3, 0.4) is 0 Å². The largest absolute Gasteiger partial charge is 0.496 e. The van der Waals surface area contributed by atoms with E-state index < -0.39 is 9.84 Å². The van der Waals surface area contributed by atoms with E-state index in [2.05, 4.69) is 0 Å². The molecule has 0 spiro atoms. The Morgan fingerprint density at radius 3 is 2.67 bits per heavy atom. The monoisotopic (exact) mass is 311 g/mol. The Bertz CT molecular complexity index is 639. The minimum atomic E-state index is -3.00. The van der Waals surface area contributed by atoms with Crippen LogP contribution in [-0.4, -0.2) is 50.4 Å². The third-order valence-corrected chi connectivity index (χ3v) is 5.66. The predicted octanol–water partition coefficient (Wildman–Crippen LogP) is 1.65.